The minimum absolute atomic E-state index is 0.301. The molecule has 0 aromatic carbocycles. The lowest BCUT2D eigenvalue weighted by Crippen LogP contribution is -2.08. The molecular weight excluding hydrogens is 155 g/mol. The van der Waals surface area contributed by atoms with Gasteiger partial charge in [0.25, 0.3) is 0 Å². The van der Waals surface area contributed by atoms with Crippen molar-refractivity contribution in [3.63, 3.8) is 0 Å². The summed E-state index contributed by atoms with van der Waals surface area (Å²) < 4.78 is 14.8. The molecule has 1 heterocycles. The summed E-state index contributed by atoms with van der Waals surface area (Å²) in [6, 6.07) is 2.26. The Bertz CT molecular complexity index is 269. The molecular formula is C9H13FN2. The molecule has 0 aliphatic heterocycles. The van der Waals surface area contributed by atoms with Crippen LogP contribution in [0.2, 0.25) is 0 Å². The average molecular weight is 168 g/mol. The van der Waals surface area contributed by atoms with Gasteiger partial charge in [-0.2, -0.15) is 5.10 Å². The quantitative estimate of drug-likeness (QED) is 0.629. The molecule has 0 spiro atoms. The van der Waals surface area contributed by atoms with Gasteiger partial charge in [0.15, 0.2) is 0 Å². The van der Waals surface area contributed by atoms with Crippen LogP contribution in [0.5, 0.6) is 0 Å². The van der Waals surface area contributed by atoms with Crippen molar-refractivity contribution < 1.29 is 4.39 Å². The Labute approximate surface area is 71.4 Å². The van der Waals surface area contributed by atoms with Crippen LogP contribution < -0.4 is 0 Å². The number of nitrogens with zero attached hydrogens (tertiary/aromatic N) is 2. The molecule has 2 atom stereocenters. The highest BCUT2D eigenvalue weighted by molar-refractivity contribution is 4.99. The second kappa shape index (κ2) is 2.88. The van der Waals surface area contributed by atoms with Crippen molar-refractivity contribution in [1.29, 1.82) is 0 Å². The summed E-state index contributed by atoms with van der Waals surface area (Å²) in [7, 11) is 0. The fourth-order valence-electron chi connectivity index (χ4n) is 1.89. The Balaban J connectivity index is 2.16. The number of aryl methyl sites for hydroxylation is 1. The van der Waals surface area contributed by atoms with Gasteiger partial charge in [0.1, 0.15) is 6.17 Å². The third-order valence-corrected chi connectivity index (χ3v) is 2.56. The molecule has 2 unspecified atom stereocenters. The highest BCUT2D eigenvalue weighted by Gasteiger charge is 2.26. The largest absolute Gasteiger partial charge is 0.267 e. The van der Waals surface area contributed by atoms with E-state index >= 15 is 0 Å². The Morgan fingerprint density at radius 3 is 2.92 bits per heavy atom. The zero-order chi connectivity index (χ0) is 8.55. The normalized spacial score (nSPS) is 29.5. The Morgan fingerprint density at radius 2 is 2.42 bits per heavy atom. The summed E-state index contributed by atoms with van der Waals surface area (Å²) in [5.41, 5.74) is 1.13. The first-order chi connectivity index (χ1) is 5.77. The van der Waals surface area contributed by atoms with Gasteiger partial charge in [0.05, 0.1) is 6.04 Å². The van der Waals surface area contributed by atoms with Crippen molar-refractivity contribution in [2.45, 2.75) is 38.4 Å². The molecule has 1 aromatic rings. The first-order valence-electron chi connectivity index (χ1n) is 4.41. The maximum Gasteiger partial charge on any atom is 0.102 e. The van der Waals surface area contributed by atoms with E-state index in [1.807, 2.05) is 17.7 Å². The summed E-state index contributed by atoms with van der Waals surface area (Å²) in [4.78, 5) is 0. The van der Waals surface area contributed by atoms with Crippen LogP contribution in [0, 0.1) is 6.92 Å². The predicted octanol–water partition coefficient (Wildman–Crippen LogP) is 2.25. The van der Waals surface area contributed by atoms with E-state index in [-0.39, 0.29) is 0 Å². The standard InChI is InChI=1S/C9H13FN2/c1-7-4-5-11-12(7)9-3-2-8(10)6-9/h4-5,8-9H,2-3,6H2,1H3. The molecule has 12 heavy (non-hydrogen) atoms. The van der Waals surface area contributed by atoms with Gasteiger partial charge in [0.2, 0.25) is 0 Å². The topological polar surface area (TPSA) is 17.8 Å². The zero-order valence-electron chi connectivity index (χ0n) is 7.20. The van der Waals surface area contributed by atoms with Gasteiger partial charge in [-0.3, -0.25) is 4.68 Å². The first-order valence-corrected chi connectivity index (χ1v) is 4.41. The van der Waals surface area contributed by atoms with Crippen molar-refractivity contribution in [2.75, 3.05) is 0 Å². The van der Waals surface area contributed by atoms with Gasteiger partial charge in [-0.1, -0.05) is 0 Å². The monoisotopic (exact) mass is 168 g/mol. The third-order valence-electron chi connectivity index (χ3n) is 2.56. The van der Waals surface area contributed by atoms with E-state index in [0.717, 1.165) is 12.1 Å². The molecule has 2 rings (SSSR count). The second-order valence-electron chi connectivity index (χ2n) is 3.48. The maximum atomic E-state index is 12.9. The number of hydrogen-bond donors (Lipinski definition) is 0. The van der Waals surface area contributed by atoms with Gasteiger partial charge in [0, 0.05) is 18.3 Å². The number of aromatic nitrogens is 2. The molecule has 1 aliphatic rings. The van der Waals surface area contributed by atoms with Crippen LogP contribution in [0.15, 0.2) is 12.3 Å². The fourth-order valence-corrected chi connectivity index (χ4v) is 1.89. The highest BCUT2D eigenvalue weighted by Crippen LogP contribution is 2.31. The molecule has 1 aliphatic carbocycles. The molecule has 0 amide bonds. The van der Waals surface area contributed by atoms with E-state index < -0.39 is 6.17 Å². The number of hydrogen-bond acceptors (Lipinski definition) is 1. The van der Waals surface area contributed by atoms with Crippen LogP contribution in [0.25, 0.3) is 0 Å². The van der Waals surface area contributed by atoms with Crippen LogP contribution in [-0.4, -0.2) is 16.0 Å². The number of alkyl halides is 1. The van der Waals surface area contributed by atoms with E-state index in [1.54, 1.807) is 6.20 Å². The lowest BCUT2D eigenvalue weighted by Gasteiger charge is -2.11. The van der Waals surface area contributed by atoms with Crippen LogP contribution in [0.4, 0.5) is 4.39 Å². The second-order valence-corrected chi connectivity index (χ2v) is 3.48. The summed E-state index contributed by atoms with van der Waals surface area (Å²) in [6.07, 6.45) is 3.44. The number of rotatable bonds is 1. The summed E-state index contributed by atoms with van der Waals surface area (Å²) in [5.74, 6) is 0. The molecule has 0 radical (unpaired) electrons. The molecule has 66 valence electrons. The highest BCUT2D eigenvalue weighted by atomic mass is 19.1. The van der Waals surface area contributed by atoms with Gasteiger partial charge < -0.3 is 0 Å². The molecule has 1 aromatic heterocycles. The smallest absolute Gasteiger partial charge is 0.102 e. The Kier molecular flexibility index (Phi) is 1.87. The van der Waals surface area contributed by atoms with E-state index in [4.69, 9.17) is 0 Å². The van der Waals surface area contributed by atoms with Crippen molar-refractivity contribution >= 4 is 0 Å². The molecule has 0 bridgehead atoms. The SMILES string of the molecule is Cc1ccnn1C1CCC(F)C1. The van der Waals surface area contributed by atoms with Crippen LogP contribution in [-0.2, 0) is 0 Å². The van der Waals surface area contributed by atoms with Crippen LogP contribution >= 0.6 is 0 Å². The molecule has 1 fully saturated rings. The van der Waals surface area contributed by atoms with Gasteiger partial charge in [-0.05, 0) is 25.8 Å². The minimum Gasteiger partial charge on any atom is -0.267 e. The lowest BCUT2D eigenvalue weighted by molar-refractivity contribution is 0.325. The summed E-state index contributed by atoms with van der Waals surface area (Å²) in [5, 5.41) is 4.18. The third kappa shape index (κ3) is 1.24. The van der Waals surface area contributed by atoms with Crippen LogP contribution in [0.3, 0.4) is 0 Å². The van der Waals surface area contributed by atoms with Gasteiger partial charge >= 0.3 is 0 Å². The molecule has 2 nitrogen and oxygen atoms in total. The van der Waals surface area contributed by atoms with Crippen molar-refractivity contribution in [3.05, 3.63) is 18.0 Å². The van der Waals surface area contributed by atoms with Crippen molar-refractivity contribution in [2.24, 2.45) is 0 Å². The van der Waals surface area contributed by atoms with E-state index in [0.29, 0.717) is 18.9 Å². The van der Waals surface area contributed by atoms with E-state index in [2.05, 4.69) is 5.10 Å². The molecule has 1 saturated carbocycles. The van der Waals surface area contributed by atoms with Crippen molar-refractivity contribution in [1.82, 2.24) is 9.78 Å². The average Bonchev–Trinajstić information content (AvgIpc) is 2.58. The first kappa shape index (κ1) is 7.77. The fraction of sp³-hybridized carbons (Fsp3) is 0.667. The predicted molar refractivity (Wildman–Crippen MR) is 44.7 cm³/mol. The van der Waals surface area contributed by atoms with Crippen LogP contribution in [0.1, 0.15) is 31.0 Å². The van der Waals surface area contributed by atoms with Gasteiger partial charge in [-0.15, -0.1) is 0 Å². The molecule has 0 saturated heterocycles. The van der Waals surface area contributed by atoms with Crippen molar-refractivity contribution in [3.8, 4) is 0 Å². The molecule has 0 N–H and O–H groups in total. The van der Waals surface area contributed by atoms with E-state index in [9.17, 15) is 4.39 Å². The lowest BCUT2D eigenvalue weighted by atomic mass is 10.2. The van der Waals surface area contributed by atoms with E-state index in [1.165, 1.54) is 0 Å². The summed E-state index contributed by atoms with van der Waals surface area (Å²) >= 11 is 0. The maximum absolute atomic E-state index is 12.9. The van der Waals surface area contributed by atoms with Gasteiger partial charge in [-0.25, -0.2) is 4.39 Å². The Hall–Kier alpha value is -0.860. The number of halogens is 1. The minimum atomic E-state index is -0.612. The zero-order valence-corrected chi connectivity index (χ0v) is 7.20. The molecule has 3 heteroatoms. The summed E-state index contributed by atoms with van der Waals surface area (Å²) in [6.45, 7) is 2.01. The Morgan fingerprint density at radius 1 is 1.58 bits per heavy atom.